The first kappa shape index (κ1) is 16.8. The van der Waals surface area contributed by atoms with Crippen molar-refractivity contribution in [1.82, 2.24) is 4.90 Å². The molecule has 1 saturated carbocycles. The lowest BCUT2D eigenvalue weighted by molar-refractivity contribution is -0.0888. The number of alkyl halides is 3. The molecule has 0 saturated heterocycles. The summed E-state index contributed by atoms with van der Waals surface area (Å²) in [7, 11) is 1.53. The third kappa shape index (κ3) is 3.61. The van der Waals surface area contributed by atoms with Gasteiger partial charge in [0.1, 0.15) is 0 Å². The van der Waals surface area contributed by atoms with Gasteiger partial charge in [-0.3, -0.25) is 4.99 Å². The van der Waals surface area contributed by atoms with Crippen molar-refractivity contribution in [2.75, 3.05) is 7.05 Å². The molecule has 2 rings (SSSR count). The van der Waals surface area contributed by atoms with Crippen molar-refractivity contribution in [1.29, 1.82) is 0 Å². The molecule has 1 fully saturated rings. The third-order valence-corrected chi connectivity index (χ3v) is 4.17. The van der Waals surface area contributed by atoms with Crippen LogP contribution in [0.4, 0.5) is 13.2 Å². The topological polar surface area (TPSA) is 35.8 Å². The molecule has 1 atom stereocenters. The van der Waals surface area contributed by atoms with Gasteiger partial charge >= 0.3 is 6.18 Å². The van der Waals surface area contributed by atoms with Crippen molar-refractivity contribution in [3.05, 3.63) is 35.7 Å². The molecular weight excluding hydrogens is 293 g/mol. The highest BCUT2D eigenvalue weighted by Gasteiger charge is 2.38. The van der Waals surface area contributed by atoms with Gasteiger partial charge in [-0.2, -0.15) is 13.2 Å². The highest BCUT2D eigenvalue weighted by Crippen LogP contribution is 2.37. The standard InChI is InChI=1S/C16H21F3N2O/c1-11-8-13(16(17,18)19)9-14(21(11)10-20-2)15(22)12-6-4-3-5-7-12/h8-10,12,15,22H,1,3-7H2,2H3. The summed E-state index contributed by atoms with van der Waals surface area (Å²) in [5.41, 5.74) is -0.425. The van der Waals surface area contributed by atoms with Crippen LogP contribution >= 0.6 is 0 Å². The average molecular weight is 314 g/mol. The molecule has 0 aromatic carbocycles. The number of hydrogen-bond donors (Lipinski definition) is 1. The van der Waals surface area contributed by atoms with E-state index in [1.807, 2.05) is 0 Å². The number of rotatable bonds is 3. The monoisotopic (exact) mass is 314 g/mol. The Labute approximate surface area is 128 Å². The zero-order chi connectivity index (χ0) is 16.3. The maximum atomic E-state index is 13.0. The summed E-state index contributed by atoms with van der Waals surface area (Å²) in [6.45, 7) is 3.66. The van der Waals surface area contributed by atoms with Crippen molar-refractivity contribution in [2.24, 2.45) is 10.9 Å². The van der Waals surface area contributed by atoms with E-state index < -0.39 is 17.9 Å². The van der Waals surface area contributed by atoms with Crippen LogP contribution in [0.5, 0.6) is 0 Å². The zero-order valence-electron chi connectivity index (χ0n) is 12.6. The Morgan fingerprint density at radius 3 is 2.50 bits per heavy atom. The molecule has 0 bridgehead atoms. The first-order valence-corrected chi connectivity index (χ1v) is 7.43. The number of aliphatic imine (C=N–C) groups is 1. The van der Waals surface area contributed by atoms with Crippen LogP contribution in [0, 0.1) is 5.92 Å². The van der Waals surface area contributed by atoms with Crippen LogP contribution in [0.2, 0.25) is 0 Å². The van der Waals surface area contributed by atoms with E-state index in [4.69, 9.17) is 0 Å². The third-order valence-electron chi connectivity index (χ3n) is 4.17. The van der Waals surface area contributed by atoms with E-state index in [0.717, 1.165) is 44.3 Å². The van der Waals surface area contributed by atoms with Crippen molar-refractivity contribution < 1.29 is 18.3 Å². The normalized spacial score (nSPS) is 22.8. The van der Waals surface area contributed by atoms with Crippen molar-refractivity contribution in [2.45, 2.75) is 44.4 Å². The largest absolute Gasteiger partial charge is 0.416 e. The lowest BCUT2D eigenvalue weighted by Crippen LogP contribution is -2.36. The van der Waals surface area contributed by atoms with Gasteiger partial charge in [0.05, 0.1) is 23.7 Å². The van der Waals surface area contributed by atoms with Crippen LogP contribution < -0.4 is 0 Å². The highest BCUT2D eigenvalue weighted by atomic mass is 19.4. The second-order valence-electron chi connectivity index (χ2n) is 5.74. The van der Waals surface area contributed by atoms with Crippen LogP contribution in [-0.2, 0) is 0 Å². The Balaban J connectivity index is 2.34. The Morgan fingerprint density at radius 2 is 1.95 bits per heavy atom. The summed E-state index contributed by atoms with van der Waals surface area (Å²) < 4.78 is 39.1. The molecule has 0 radical (unpaired) electrons. The molecule has 1 aliphatic heterocycles. The molecule has 1 aliphatic carbocycles. The van der Waals surface area contributed by atoms with E-state index in [2.05, 4.69) is 11.6 Å². The van der Waals surface area contributed by atoms with Gasteiger partial charge in [0.25, 0.3) is 0 Å². The van der Waals surface area contributed by atoms with E-state index in [9.17, 15) is 18.3 Å². The van der Waals surface area contributed by atoms with Crippen LogP contribution in [0.1, 0.15) is 32.1 Å². The Bertz CT molecular complexity index is 514. The second-order valence-corrected chi connectivity index (χ2v) is 5.74. The molecule has 1 unspecified atom stereocenters. The number of hydrogen-bond acceptors (Lipinski definition) is 2. The Morgan fingerprint density at radius 1 is 1.32 bits per heavy atom. The van der Waals surface area contributed by atoms with Crippen LogP contribution in [0.25, 0.3) is 0 Å². The molecule has 0 aromatic rings. The summed E-state index contributed by atoms with van der Waals surface area (Å²) in [5.74, 6) is -0.0202. The molecule has 2 aliphatic rings. The quantitative estimate of drug-likeness (QED) is 0.635. The summed E-state index contributed by atoms with van der Waals surface area (Å²) in [4.78, 5) is 5.29. The molecule has 3 nitrogen and oxygen atoms in total. The van der Waals surface area contributed by atoms with Crippen molar-refractivity contribution in [3.8, 4) is 0 Å². The molecule has 0 spiro atoms. The van der Waals surface area contributed by atoms with Gasteiger partial charge in [-0.25, -0.2) is 0 Å². The molecule has 122 valence electrons. The predicted molar refractivity (Wildman–Crippen MR) is 80.2 cm³/mol. The molecule has 0 aromatic heterocycles. The molecule has 1 heterocycles. The van der Waals surface area contributed by atoms with Gasteiger partial charge in [0.2, 0.25) is 0 Å². The van der Waals surface area contributed by atoms with Crippen LogP contribution in [-0.4, -0.2) is 35.7 Å². The van der Waals surface area contributed by atoms with Crippen LogP contribution in [0.3, 0.4) is 0 Å². The SMILES string of the molecule is C=C1C=C(C(F)(F)F)C=C(C(O)C2CCCCC2)N1C=NC. The average Bonchev–Trinajstić information content (AvgIpc) is 2.48. The Kier molecular flexibility index (Phi) is 5.11. The number of aliphatic hydroxyl groups excluding tert-OH is 1. The fourth-order valence-corrected chi connectivity index (χ4v) is 3.02. The predicted octanol–water partition coefficient (Wildman–Crippen LogP) is 3.79. The highest BCUT2D eigenvalue weighted by molar-refractivity contribution is 5.65. The van der Waals surface area contributed by atoms with Gasteiger partial charge in [0.15, 0.2) is 0 Å². The minimum absolute atomic E-state index is 0.0202. The van der Waals surface area contributed by atoms with Gasteiger partial charge in [0, 0.05) is 12.7 Å². The summed E-state index contributed by atoms with van der Waals surface area (Å²) in [6.07, 6.45) is 2.73. The maximum absolute atomic E-state index is 13.0. The lowest BCUT2D eigenvalue weighted by Gasteiger charge is -2.35. The smallest absolute Gasteiger partial charge is 0.387 e. The zero-order valence-corrected chi connectivity index (χ0v) is 12.6. The van der Waals surface area contributed by atoms with E-state index in [0.29, 0.717) is 0 Å². The fraction of sp³-hybridized carbons (Fsp3) is 0.562. The number of aliphatic hydroxyl groups is 1. The second kappa shape index (κ2) is 6.69. The summed E-state index contributed by atoms with van der Waals surface area (Å²) >= 11 is 0. The van der Waals surface area contributed by atoms with E-state index in [-0.39, 0.29) is 17.3 Å². The Hall–Kier alpha value is -1.56. The minimum atomic E-state index is -4.46. The molecule has 1 N–H and O–H groups in total. The van der Waals surface area contributed by atoms with E-state index >= 15 is 0 Å². The summed E-state index contributed by atoms with van der Waals surface area (Å²) in [5, 5.41) is 10.6. The molecule has 6 heteroatoms. The van der Waals surface area contributed by atoms with Gasteiger partial charge < -0.3 is 10.0 Å². The first-order chi connectivity index (χ1) is 10.3. The molecule has 0 amide bonds. The number of halogens is 3. The minimum Gasteiger partial charge on any atom is -0.387 e. The lowest BCUT2D eigenvalue weighted by atomic mass is 9.83. The van der Waals surface area contributed by atoms with Gasteiger partial charge in [-0.1, -0.05) is 25.8 Å². The molecule has 22 heavy (non-hydrogen) atoms. The number of nitrogens with zero attached hydrogens (tertiary/aromatic N) is 2. The summed E-state index contributed by atoms with van der Waals surface area (Å²) in [6, 6.07) is 0. The number of allylic oxidation sites excluding steroid dienone is 3. The van der Waals surface area contributed by atoms with Crippen molar-refractivity contribution >= 4 is 6.34 Å². The maximum Gasteiger partial charge on any atom is 0.416 e. The van der Waals surface area contributed by atoms with E-state index in [1.54, 1.807) is 0 Å². The first-order valence-electron chi connectivity index (χ1n) is 7.43. The molecular formula is C16H21F3N2O. The van der Waals surface area contributed by atoms with E-state index in [1.165, 1.54) is 18.3 Å². The van der Waals surface area contributed by atoms with Crippen molar-refractivity contribution in [3.63, 3.8) is 0 Å². The van der Waals surface area contributed by atoms with Crippen LogP contribution in [0.15, 0.2) is 40.7 Å². The van der Waals surface area contributed by atoms with Gasteiger partial charge in [-0.05, 0) is 30.9 Å². The van der Waals surface area contributed by atoms with Gasteiger partial charge in [-0.15, -0.1) is 0 Å². The fourth-order valence-electron chi connectivity index (χ4n) is 3.02.